The Morgan fingerprint density at radius 3 is 2.49 bits per heavy atom. The fourth-order valence-electron chi connectivity index (χ4n) is 4.26. The number of H-pyrrole nitrogens is 1. The smallest absolute Gasteiger partial charge is 0.229 e. The average Bonchev–Trinajstić information content (AvgIpc) is 3.42. The molecule has 2 heterocycles. The highest BCUT2D eigenvalue weighted by Gasteiger charge is 2.23. The van der Waals surface area contributed by atoms with E-state index in [2.05, 4.69) is 14.8 Å². The number of benzene rings is 3. The molecule has 0 radical (unpaired) electrons. The summed E-state index contributed by atoms with van der Waals surface area (Å²) in [5, 5.41) is 4.75. The van der Waals surface area contributed by atoms with Crippen LogP contribution < -0.4 is 15.2 Å². The van der Waals surface area contributed by atoms with Crippen LogP contribution in [0.2, 0.25) is 0 Å². The minimum Gasteiger partial charge on any atom is -0.454 e. The van der Waals surface area contributed by atoms with Crippen LogP contribution in [0.1, 0.15) is 27.2 Å². The van der Waals surface area contributed by atoms with Gasteiger partial charge >= 0.3 is 0 Å². The molecular weight excluding hydrogens is 528 g/mol. The summed E-state index contributed by atoms with van der Waals surface area (Å²) in [7, 11) is -3.49. The molecular formula is C27H23F2N5O4S. The second-order valence-electron chi connectivity index (χ2n) is 9.10. The maximum absolute atomic E-state index is 15.2. The number of sulfonamides is 1. The summed E-state index contributed by atoms with van der Waals surface area (Å²) in [4.78, 5) is 16.3. The van der Waals surface area contributed by atoms with Gasteiger partial charge in [-0.2, -0.15) is 5.10 Å². The standard InChI is InChI=1S/C27H23F2N5O4S/c1-14-9-22-16(10-21(14)33-39(3,36)37)11-23(32-22)26(35)18-13-31-34(27(18)30)25-15(2)8-17(12-20(25)29)38-24-7-5-4-6-19(24)28/h4-13,32-33H,30H2,1-3H3. The molecule has 2 aromatic heterocycles. The summed E-state index contributed by atoms with van der Waals surface area (Å²) >= 11 is 0. The van der Waals surface area contributed by atoms with Gasteiger partial charge in [-0.05, 0) is 61.4 Å². The average molecular weight is 552 g/mol. The molecule has 0 saturated carbocycles. The van der Waals surface area contributed by atoms with Crippen molar-refractivity contribution in [3.05, 3.63) is 94.8 Å². The van der Waals surface area contributed by atoms with Crippen molar-refractivity contribution in [2.24, 2.45) is 0 Å². The number of halogens is 2. The molecule has 0 aliphatic rings. The second-order valence-corrected chi connectivity index (χ2v) is 10.8. The monoisotopic (exact) mass is 551 g/mol. The van der Waals surface area contributed by atoms with Crippen LogP contribution in [-0.2, 0) is 10.0 Å². The Balaban J connectivity index is 1.46. The van der Waals surface area contributed by atoms with E-state index in [1.807, 2.05) is 0 Å². The van der Waals surface area contributed by atoms with Gasteiger partial charge in [0.25, 0.3) is 0 Å². The first-order valence-corrected chi connectivity index (χ1v) is 13.5. The highest BCUT2D eigenvalue weighted by Crippen LogP contribution is 2.32. The lowest BCUT2D eigenvalue weighted by molar-refractivity contribution is 0.103. The molecule has 0 amide bonds. The number of nitrogens with zero attached hydrogens (tertiary/aromatic N) is 2. The molecule has 200 valence electrons. The van der Waals surface area contributed by atoms with Crippen molar-refractivity contribution < 1.29 is 26.7 Å². The van der Waals surface area contributed by atoms with Gasteiger partial charge in [-0.25, -0.2) is 21.9 Å². The lowest BCUT2D eigenvalue weighted by Crippen LogP contribution is -2.10. The number of aromatic nitrogens is 3. The predicted molar refractivity (Wildman–Crippen MR) is 144 cm³/mol. The molecule has 0 fully saturated rings. The minimum atomic E-state index is -3.49. The summed E-state index contributed by atoms with van der Waals surface area (Å²) in [5.74, 6) is -1.86. The van der Waals surface area contributed by atoms with Crippen molar-refractivity contribution >= 4 is 38.2 Å². The van der Waals surface area contributed by atoms with Crippen LogP contribution >= 0.6 is 0 Å². The number of carbonyl (C=O) groups is 1. The van der Waals surface area contributed by atoms with Crippen LogP contribution in [0.25, 0.3) is 16.6 Å². The molecule has 3 aromatic carbocycles. The lowest BCUT2D eigenvalue weighted by Gasteiger charge is -2.13. The topological polar surface area (TPSA) is 132 Å². The van der Waals surface area contributed by atoms with Crippen LogP contribution in [-0.4, -0.2) is 35.2 Å². The molecule has 0 spiro atoms. The number of nitrogens with two attached hydrogens (primary N) is 1. The third kappa shape index (κ3) is 5.06. The molecule has 0 bridgehead atoms. The number of rotatable bonds is 7. The number of anilines is 2. The van der Waals surface area contributed by atoms with Crippen LogP contribution in [0, 0.1) is 25.5 Å². The zero-order valence-corrected chi connectivity index (χ0v) is 21.9. The number of hydrogen-bond donors (Lipinski definition) is 3. The van der Waals surface area contributed by atoms with E-state index < -0.39 is 27.4 Å². The zero-order valence-electron chi connectivity index (χ0n) is 21.0. The quantitative estimate of drug-likeness (QED) is 0.238. The molecule has 0 saturated heterocycles. The summed E-state index contributed by atoms with van der Waals surface area (Å²) in [6.07, 6.45) is 2.30. The Hall–Kier alpha value is -4.71. The van der Waals surface area contributed by atoms with E-state index in [0.717, 1.165) is 17.0 Å². The molecule has 5 aromatic rings. The van der Waals surface area contributed by atoms with Gasteiger partial charge < -0.3 is 15.5 Å². The number of para-hydroxylation sites is 1. The normalized spacial score (nSPS) is 11.6. The first-order valence-electron chi connectivity index (χ1n) is 11.6. The number of carbonyl (C=O) groups excluding carboxylic acids is 1. The maximum Gasteiger partial charge on any atom is 0.229 e. The molecule has 39 heavy (non-hydrogen) atoms. The number of hydrogen-bond acceptors (Lipinski definition) is 6. The highest BCUT2D eigenvalue weighted by atomic mass is 32.2. The van der Waals surface area contributed by atoms with Crippen molar-refractivity contribution in [2.45, 2.75) is 13.8 Å². The molecule has 9 nitrogen and oxygen atoms in total. The van der Waals surface area contributed by atoms with E-state index in [9.17, 15) is 17.6 Å². The predicted octanol–water partition coefficient (Wildman–Crippen LogP) is 5.23. The minimum absolute atomic E-state index is 0.0104. The highest BCUT2D eigenvalue weighted by molar-refractivity contribution is 7.92. The van der Waals surface area contributed by atoms with Crippen LogP contribution in [0.4, 0.5) is 20.3 Å². The van der Waals surface area contributed by atoms with Crippen LogP contribution in [0.15, 0.2) is 60.8 Å². The summed E-state index contributed by atoms with van der Waals surface area (Å²) in [6, 6.07) is 13.3. The van der Waals surface area contributed by atoms with Gasteiger partial charge in [0.1, 0.15) is 17.3 Å². The van der Waals surface area contributed by atoms with Crippen molar-refractivity contribution in [1.82, 2.24) is 14.8 Å². The Morgan fingerprint density at radius 1 is 1.05 bits per heavy atom. The fraction of sp³-hybridized carbons (Fsp3) is 0.111. The number of aromatic amines is 1. The Kier molecular flexibility index (Phi) is 6.35. The summed E-state index contributed by atoms with van der Waals surface area (Å²) < 4.78 is 61.6. The third-order valence-electron chi connectivity index (χ3n) is 6.06. The first-order chi connectivity index (χ1) is 18.4. The van der Waals surface area contributed by atoms with Gasteiger partial charge in [-0.1, -0.05) is 12.1 Å². The molecule has 12 heteroatoms. The number of fused-ring (bicyclic) bond motifs is 1. The molecule has 0 atom stereocenters. The first kappa shape index (κ1) is 25.9. The van der Waals surface area contributed by atoms with E-state index in [1.54, 1.807) is 38.1 Å². The zero-order chi connectivity index (χ0) is 28.1. The van der Waals surface area contributed by atoms with Crippen molar-refractivity contribution in [2.75, 3.05) is 16.7 Å². The molecule has 4 N–H and O–H groups in total. The number of nitrogens with one attached hydrogen (secondary N) is 2. The number of ketones is 1. The van der Waals surface area contributed by atoms with Gasteiger partial charge in [0.05, 0.1) is 29.4 Å². The maximum atomic E-state index is 15.2. The Labute approximate surface area is 222 Å². The Morgan fingerprint density at radius 2 is 1.79 bits per heavy atom. The van der Waals surface area contributed by atoms with E-state index >= 15 is 4.39 Å². The van der Waals surface area contributed by atoms with Gasteiger partial charge in [-0.15, -0.1) is 0 Å². The lowest BCUT2D eigenvalue weighted by atomic mass is 10.1. The van der Waals surface area contributed by atoms with E-state index in [0.29, 0.717) is 27.7 Å². The number of nitrogen functional groups attached to an aromatic ring is 1. The van der Waals surface area contributed by atoms with Crippen LogP contribution in [0.5, 0.6) is 11.5 Å². The van der Waals surface area contributed by atoms with Crippen molar-refractivity contribution in [3.8, 4) is 17.2 Å². The van der Waals surface area contributed by atoms with Gasteiger partial charge in [0, 0.05) is 17.0 Å². The molecule has 5 rings (SSSR count). The summed E-state index contributed by atoms with van der Waals surface area (Å²) in [5.41, 5.74) is 8.55. The van der Waals surface area contributed by atoms with E-state index in [-0.39, 0.29) is 34.3 Å². The van der Waals surface area contributed by atoms with E-state index in [4.69, 9.17) is 10.5 Å². The molecule has 0 aliphatic carbocycles. The largest absolute Gasteiger partial charge is 0.454 e. The second kappa shape index (κ2) is 9.55. The SMILES string of the molecule is Cc1cc2[nH]c(C(=O)c3cnn(-c4c(C)cc(Oc5ccccc5F)cc4F)c3N)cc2cc1NS(C)(=O)=O. The van der Waals surface area contributed by atoms with Gasteiger partial charge in [-0.3, -0.25) is 9.52 Å². The van der Waals surface area contributed by atoms with Gasteiger partial charge in [0.15, 0.2) is 17.4 Å². The van der Waals surface area contributed by atoms with Crippen molar-refractivity contribution in [3.63, 3.8) is 0 Å². The van der Waals surface area contributed by atoms with Crippen molar-refractivity contribution in [1.29, 1.82) is 0 Å². The fourth-order valence-corrected chi connectivity index (χ4v) is 4.88. The Bertz CT molecular complexity index is 1860. The number of aryl methyl sites for hydroxylation is 2. The van der Waals surface area contributed by atoms with E-state index in [1.165, 1.54) is 30.5 Å². The molecule has 0 aliphatic heterocycles. The summed E-state index contributed by atoms with van der Waals surface area (Å²) in [6.45, 7) is 3.35. The molecule has 0 unspecified atom stereocenters. The number of ether oxygens (including phenoxy) is 1. The third-order valence-corrected chi connectivity index (χ3v) is 6.65. The van der Waals surface area contributed by atoms with Crippen LogP contribution in [0.3, 0.4) is 0 Å². The van der Waals surface area contributed by atoms with Gasteiger partial charge in [0.2, 0.25) is 15.8 Å².